The number of carboxylic acids is 1. The molecule has 0 radical (unpaired) electrons. The van der Waals surface area contributed by atoms with Gasteiger partial charge in [0.2, 0.25) is 0 Å². The molecular formula is C14H21N3O3S. The second-order valence-electron chi connectivity index (χ2n) is 6.31. The highest BCUT2D eigenvalue weighted by molar-refractivity contribution is 7.13. The molecule has 1 atom stereocenters. The number of urea groups is 1. The molecule has 1 aliphatic heterocycles. The Morgan fingerprint density at radius 1 is 1.52 bits per heavy atom. The molecule has 1 unspecified atom stereocenters. The minimum Gasteiger partial charge on any atom is -0.481 e. The molecule has 2 amide bonds. The maximum atomic E-state index is 12.3. The number of anilines is 1. The van der Waals surface area contributed by atoms with Crippen LogP contribution in [0.25, 0.3) is 0 Å². The van der Waals surface area contributed by atoms with Crippen molar-refractivity contribution in [3.8, 4) is 0 Å². The average molecular weight is 311 g/mol. The van der Waals surface area contributed by atoms with E-state index in [1.807, 2.05) is 5.38 Å². The summed E-state index contributed by atoms with van der Waals surface area (Å²) in [6, 6.07) is -0.474. The molecule has 116 valence electrons. The standard InChI is InChI=1S/C14H21N3O3S/c1-14(2,3)10-8-21-12(15-10)16-13(20)17-6-4-5-9(17)7-11(18)19/h8-9H,4-7H2,1-3H3,(H,18,19)(H,15,16,20). The molecule has 2 N–H and O–H groups in total. The summed E-state index contributed by atoms with van der Waals surface area (Å²) in [4.78, 5) is 29.1. The Morgan fingerprint density at radius 3 is 2.81 bits per heavy atom. The molecule has 1 fully saturated rings. The van der Waals surface area contributed by atoms with Crippen molar-refractivity contribution < 1.29 is 14.7 Å². The van der Waals surface area contributed by atoms with Crippen LogP contribution in [0, 0.1) is 0 Å². The number of aromatic nitrogens is 1. The second kappa shape index (κ2) is 6.01. The predicted molar refractivity (Wildman–Crippen MR) is 81.8 cm³/mol. The summed E-state index contributed by atoms with van der Waals surface area (Å²) < 4.78 is 0. The molecule has 2 heterocycles. The van der Waals surface area contributed by atoms with Crippen LogP contribution in [0.3, 0.4) is 0 Å². The van der Waals surface area contributed by atoms with Gasteiger partial charge in [-0.2, -0.15) is 0 Å². The molecule has 6 nitrogen and oxygen atoms in total. The van der Waals surface area contributed by atoms with Gasteiger partial charge in [-0.1, -0.05) is 20.8 Å². The van der Waals surface area contributed by atoms with Crippen molar-refractivity contribution >= 4 is 28.5 Å². The fourth-order valence-corrected chi connectivity index (χ4v) is 3.28. The Morgan fingerprint density at radius 2 is 2.24 bits per heavy atom. The molecule has 1 aliphatic rings. The van der Waals surface area contributed by atoms with Crippen molar-refractivity contribution in [1.82, 2.24) is 9.88 Å². The van der Waals surface area contributed by atoms with Gasteiger partial charge in [0.15, 0.2) is 5.13 Å². The van der Waals surface area contributed by atoms with E-state index < -0.39 is 5.97 Å². The van der Waals surface area contributed by atoms with Crippen molar-refractivity contribution in [3.63, 3.8) is 0 Å². The molecule has 0 spiro atoms. The van der Waals surface area contributed by atoms with Crippen LogP contribution in [-0.2, 0) is 10.2 Å². The first-order valence-electron chi connectivity index (χ1n) is 7.03. The van der Waals surface area contributed by atoms with E-state index >= 15 is 0 Å². The molecule has 7 heteroatoms. The molecule has 0 aliphatic carbocycles. The van der Waals surface area contributed by atoms with E-state index in [9.17, 15) is 9.59 Å². The third-order valence-electron chi connectivity index (χ3n) is 3.53. The molecule has 1 aromatic heterocycles. The smallest absolute Gasteiger partial charge is 0.323 e. The van der Waals surface area contributed by atoms with Gasteiger partial charge in [0.25, 0.3) is 0 Å². The quantitative estimate of drug-likeness (QED) is 0.899. The van der Waals surface area contributed by atoms with Crippen molar-refractivity contribution in [1.29, 1.82) is 0 Å². The van der Waals surface area contributed by atoms with E-state index in [0.717, 1.165) is 18.5 Å². The molecule has 0 bridgehead atoms. The van der Waals surface area contributed by atoms with E-state index in [1.165, 1.54) is 11.3 Å². The highest BCUT2D eigenvalue weighted by Crippen LogP contribution is 2.27. The average Bonchev–Trinajstić information content (AvgIpc) is 2.96. The van der Waals surface area contributed by atoms with Gasteiger partial charge in [0.05, 0.1) is 12.1 Å². The summed E-state index contributed by atoms with van der Waals surface area (Å²) in [6.07, 6.45) is 1.58. The van der Waals surface area contributed by atoms with Crippen LogP contribution in [0.5, 0.6) is 0 Å². The fourth-order valence-electron chi connectivity index (χ4n) is 2.36. The SMILES string of the molecule is CC(C)(C)c1csc(NC(=O)N2CCCC2CC(=O)O)n1. The summed E-state index contributed by atoms with van der Waals surface area (Å²) >= 11 is 1.39. The largest absolute Gasteiger partial charge is 0.481 e. The van der Waals surface area contributed by atoms with Gasteiger partial charge >= 0.3 is 12.0 Å². The maximum Gasteiger partial charge on any atom is 0.323 e. The highest BCUT2D eigenvalue weighted by atomic mass is 32.1. The summed E-state index contributed by atoms with van der Waals surface area (Å²) in [5.74, 6) is -0.871. The number of carbonyl (C=O) groups excluding carboxylic acids is 1. The molecule has 0 aromatic carbocycles. The minimum absolute atomic E-state index is 0.00146. The Bertz CT molecular complexity index is 536. The lowest BCUT2D eigenvalue weighted by molar-refractivity contribution is -0.137. The number of hydrogen-bond donors (Lipinski definition) is 2. The topological polar surface area (TPSA) is 82.5 Å². The number of hydrogen-bond acceptors (Lipinski definition) is 4. The molecule has 1 saturated heterocycles. The Labute approximate surface area is 128 Å². The van der Waals surface area contributed by atoms with Gasteiger partial charge in [-0.3, -0.25) is 10.1 Å². The van der Waals surface area contributed by atoms with Crippen LogP contribution in [0.15, 0.2) is 5.38 Å². The predicted octanol–water partition coefficient (Wildman–Crippen LogP) is 2.91. The van der Waals surface area contributed by atoms with Gasteiger partial charge in [0.1, 0.15) is 0 Å². The number of thiazole rings is 1. The Kier molecular flexibility index (Phi) is 4.51. The number of aliphatic carboxylic acids is 1. The Hall–Kier alpha value is -1.63. The first-order valence-corrected chi connectivity index (χ1v) is 7.91. The Balaban J connectivity index is 2.00. The normalized spacial score (nSPS) is 18.8. The van der Waals surface area contributed by atoms with Crippen molar-refractivity contribution in [2.75, 3.05) is 11.9 Å². The number of amides is 2. The van der Waals surface area contributed by atoms with E-state index in [-0.39, 0.29) is 23.9 Å². The van der Waals surface area contributed by atoms with E-state index in [2.05, 4.69) is 31.1 Å². The molecular weight excluding hydrogens is 290 g/mol. The number of carboxylic acid groups (broad SMARTS) is 1. The number of nitrogens with one attached hydrogen (secondary N) is 1. The maximum absolute atomic E-state index is 12.3. The van der Waals surface area contributed by atoms with Crippen molar-refractivity contribution in [3.05, 3.63) is 11.1 Å². The molecule has 0 saturated carbocycles. The van der Waals surface area contributed by atoms with E-state index in [4.69, 9.17) is 5.11 Å². The zero-order valence-electron chi connectivity index (χ0n) is 12.5. The van der Waals surface area contributed by atoms with Gasteiger partial charge in [-0.15, -0.1) is 11.3 Å². The number of likely N-dealkylation sites (tertiary alicyclic amines) is 1. The van der Waals surface area contributed by atoms with Crippen LogP contribution in [-0.4, -0.2) is 39.6 Å². The third-order valence-corrected chi connectivity index (χ3v) is 4.29. The number of carbonyl (C=O) groups is 2. The zero-order chi connectivity index (χ0) is 15.6. The molecule has 2 rings (SSSR count). The van der Waals surface area contributed by atoms with E-state index in [0.29, 0.717) is 11.7 Å². The molecule has 1 aromatic rings. The monoisotopic (exact) mass is 311 g/mol. The lowest BCUT2D eigenvalue weighted by Crippen LogP contribution is -2.39. The summed E-state index contributed by atoms with van der Waals surface area (Å²) in [6.45, 7) is 6.80. The van der Waals surface area contributed by atoms with Crippen LogP contribution in [0.2, 0.25) is 0 Å². The minimum atomic E-state index is -0.871. The number of rotatable bonds is 3. The van der Waals surface area contributed by atoms with Crippen molar-refractivity contribution in [2.24, 2.45) is 0 Å². The van der Waals surface area contributed by atoms with Gasteiger partial charge in [-0.25, -0.2) is 9.78 Å². The van der Waals surface area contributed by atoms with Crippen LogP contribution in [0.4, 0.5) is 9.93 Å². The van der Waals surface area contributed by atoms with Gasteiger partial charge < -0.3 is 10.0 Å². The summed E-state index contributed by atoms with van der Waals surface area (Å²) in [7, 11) is 0. The fraction of sp³-hybridized carbons (Fsp3) is 0.643. The van der Waals surface area contributed by atoms with Crippen LogP contribution < -0.4 is 5.32 Å². The van der Waals surface area contributed by atoms with E-state index in [1.54, 1.807) is 4.90 Å². The highest BCUT2D eigenvalue weighted by Gasteiger charge is 2.31. The van der Waals surface area contributed by atoms with Crippen LogP contribution in [0.1, 0.15) is 45.7 Å². The first-order chi connectivity index (χ1) is 9.77. The molecule has 21 heavy (non-hydrogen) atoms. The van der Waals surface area contributed by atoms with Crippen LogP contribution >= 0.6 is 11.3 Å². The summed E-state index contributed by atoms with van der Waals surface area (Å²) in [5.41, 5.74) is 0.880. The zero-order valence-corrected chi connectivity index (χ0v) is 13.4. The third kappa shape index (κ3) is 3.93. The summed E-state index contributed by atoms with van der Waals surface area (Å²) in [5, 5.41) is 14.2. The van der Waals surface area contributed by atoms with Gasteiger partial charge in [-0.05, 0) is 12.8 Å². The van der Waals surface area contributed by atoms with Gasteiger partial charge in [0, 0.05) is 23.4 Å². The lowest BCUT2D eigenvalue weighted by Gasteiger charge is -2.23. The number of nitrogens with zero attached hydrogens (tertiary/aromatic N) is 2. The lowest BCUT2D eigenvalue weighted by atomic mass is 9.93. The first kappa shape index (κ1) is 15.8. The second-order valence-corrected chi connectivity index (χ2v) is 7.16. The van der Waals surface area contributed by atoms with Crippen molar-refractivity contribution in [2.45, 2.75) is 51.5 Å².